The molecule has 5 heteroatoms. The summed E-state index contributed by atoms with van der Waals surface area (Å²) in [6.07, 6.45) is 4.36. The standard InChI is InChI=1S/C26H29ClN2O2/c1-7-21-19(11-8-16(2)29-21)22(30)12-13-23-25(3,4)24(26(23,5)6)31-18-10-9-17(15-28)20(27)14-18/h8-14,23-24H,7H2,1-6H3/b13-12+/t23-,24-. The van der Waals surface area contributed by atoms with Crippen molar-refractivity contribution in [2.75, 3.05) is 0 Å². The molecule has 1 aromatic heterocycles. The number of hydrogen-bond acceptors (Lipinski definition) is 4. The lowest BCUT2D eigenvalue weighted by molar-refractivity contribution is -0.177. The summed E-state index contributed by atoms with van der Waals surface area (Å²) in [5, 5.41) is 9.45. The van der Waals surface area contributed by atoms with E-state index < -0.39 is 0 Å². The first-order valence-electron chi connectivity index (χ1n) is 10.6. The molecule has 0 spiro atoms. The Bertz CT molecular complexity index is 1060. The second-order valence-corrected chi connectivity index (χ2v) is 9.80. The van der Waals surface area contributed by atoms with Crippen LogP contribution in [0.2, 0.25) is 5.02 Å². The summed E-state index contributed by atoms with van der Waals surface area (Å²) in [5.74, 6) is 0.789. The summed E-state index contributed by atoms with van der Waals surface area (Å²) < 4.78 is 6.31. The van der Waals surface area contributed by atoms with Crippen LogP contribution in [0.5, 0.6) is 5.75 Å². The minimum atomic E-state index is -0.181. The Kier molecular flexibility index (Phi) is 6.30. The minimum Gasteiger partial charge on any atom is -0.489 e. The van der Waals surface area contributed by atoms with Crippen LogP contribution in [0.15, 0.2) is 42.5 Å². The van der Waals surface area contributed by atoms with Crippen molar-refractivity contribution in [3.8, 4) is 11.8 Å². The molecule has 1 aliphatic rings. The van der Waals surface area contributed by atoms with E-state index >= 15 is 0 Å². The predicted octanol–water partition coefficient (Wildman–Crippen LogP) is 6.35. The first kappa shape index (κ1) is 23.0. The van der Waals surface area contributed by atoms with Crippen LogP contribution in [0.25, 0.3) is 0 Å². The van der Waals surface area contributed by atoms with Crippen molar-refractivity contribution in [3.05, 3.63) is 70.0 Å². The van der Waals surface area contributed by atoms with Gasteiger partial charge < -0.3 is 4.74 Å². The molecule has 0 saturated heterocycles. The predicted molar refractivity (Wildman–Crippen MR) is 123 cm³/mol. The molecular formula is C26H29ClN2O2. The monoisotopic (exact) mass is 436 g/mol. The lowest BCUT2D eigenvalue weighted by atomic mass is 9.45. The summed E-state index contributed by atoms with van der Waals surface area (Å²) in [6.45, 7) is 12.6. The molecule has 162 valence electrons. The fourth-order valence-electron chi connectivity index (χ4n) is 5.12. The van der Waals surface area contributed by atoms with E-state index in [-0.39, 0.29) is 28.6 Å². The highest BCUT2D eigenvalue weighted by Gasteiger charge is 2.62. The van der Waals surface area contributed by atoms with Crippen molar-refractivity contribution in [2.24, 2.45) is 16.7 Å². The summed E-state index contributed by atoms with van der Waals surface area (Å²) >= 11 is 6.17. The molecule has 0 radical (unpaired) electrons. The van der Waals surface area contributed by atoms with Crippen LogP contribution >= 0.6 is 11.6 Å². The number of nitriles is 1. The smallest absolute Gasteiger partial charge is 0.187 e. The van der Waals surface area contributed by atoms with E-state index in [0.717, 1.165) is 17.8 Å². The highest BCUT2D eigenvalue weighted by molar-refractivity contribution is 6.31. The largest absolute Gasteiger partial charge is 0.489 e. The van der Waals surface area contributed by atoms with Gasteiger partial charge in [0.25, 0.3) is 0 Å². The second kappa shape index (κ2) is 8.48. The molecule has 31 heavy (non-hydrogen) atoms. The Morgan fingerprint density at radius 2 is 1.90 bits per heavy atom. The van der Waals surface area contributed by atoms with Gasteiger partial charge in [0.05, 0.1) is 16.3 Å². The van der Waals surface area contributed by atoms with E-state index in [9.17, 15) is 4.79 Å². The van der Waals surface area contributed by atoms with Gasteiger partial charge in [-0.25, -0.2) is 0 Å². The number of carbonyl (C=O) groups excluding carboxylic acids is 1. The third kappa shape index (κ3) is 4.25. The molecule has 3 rings (SSSR count). The van der Waals surface area contributed by atoms with Crippen molar-refractivity contribution >= 4 is 17.4 Å². The van der Waals surface area contributed by atoms with E-state index in [1.807, 2.05) is 32.1 Å². The van der Waals surface area contributed by atoms with E-state index in [4.69, 9.17) is 21.6 Å². The Labute approximate surface area is 189 Å². The first-order chi connectivity index (χ1) is 14.5. The van der Waals surface area contributed by atoms with Gasteiger partial charge in [0.2, 0.25) is 0 Å². The lowest BCUT2D eigenvalue weighted by Crippen LogP contribution is -2.65. The number of nitrogens with zero attached hydrogens (tertiary/aromatic N) is 2. The van der Waals surface area contributed by atoms with Crippen LogP contribution in [-0.2, 0) is 6.42 Å². The number of benzene rings is 1. The molecule has 0 atom stereocenters. The van der Waals surface area contributed by atoms with Gasteiger partial charge >= 0.3 is 0 Å². The summed E-state index contributed by atoms with van der Waals surface area (Å²) in [7, 11) is 0. The topological polar surface area (TPSA) is 63.0 Å². The van der Waals surface area contributed by atoms with Crippen LogP contribution in [-0.4, -0.2) is 16.9 Å². The summed E-state index contributed by atoms with van der Waals surface area (Å²) in [4.78, 5) is 17.4. The molecule has 4 nitrogen and oxygen atoms in total. The average molecular weight is 437 g/mol. The van der Waals surface area contributed by atoms with E-state index in [1.54, 1.807) is 24.3 Å². The SMILES string of the molecule is CCc1nc(C)ccc1C(=O)/C=C/[C@H]1C(C)(C)[C@H](Oc2ccc(C#N)c(Cl)c2)C1(C)C. The Balaban J connectivity index is 1.79. The minimum absolute atomic E-state index is 0.0146. The molecular weight excluding hydrogens is 408 g/mol. The molecule has 1 heterocycles. The van der Waals surface area contributed by atoms with Crippen molar-refractivity contribution in [3.63, 3.8) is 0 Å². The number of aryl methyl sites for hydroxylation is 2. The summed E-state index contributed by atoms with van der Waals surface area (Å²) in [5.41, 5.74) is 2.48. The first-order valence-corrected chi connectivity index (χ1v) is 11.0. The molecule has 1 aromatic carbocycles. The maximum atomic E-state index is 12.9. The Hall–Kier alpha value is -2.64. The second-order valence-electron chi connectivity index (χ2n) is 9.40. The maximum absolute atomic E-state index is 12.9. The molecule has 1 fully saturated rings. The van der Waals surface area contributed by atoms with Crippen molar-refractivity contribution < 1.29 is 9.53 Å². The van der Waals surface area contributed by atoms with Gasteiger partial charge in [-0.1, -0.05) is 52.3 Å². The number of halogens is 1. The number of hydrogen-bond donors (Lipinski definition) is 0. The van der Waals surface area contributed by atoms with Gasteiger partial charge in [0.15, 0.2) is 5.78 Å². The molecule has 0 amide bonds. The number of pyridine rings is 1. The van der Waals surface area contributed by atoms with Crippen LogP contribution < -0.4 is 4.74 Å². The Morgan fingerprint density at radius 1 is 1.23 bits per heavy atom. The molecule has 0 aliphatic heterocycles. The number of aromatic nitrogens is 1. The fourth-order valence-corrected chi connectivity index (χ4v) is 5.33. The number of rotatable bonds is 6. The van der Waals surface area contributed by atoms with E-state index in [2.05, 4.69) is 38.7 Å². The quantitative estimate of drug-likeness (QED) is 0.391. The molecule has 0 bridgehead atoms. The number of allylic oxidation sites excluding steroid dienone is 2. The van der Waals surface area contributed by atoms with Crippen molar-refractivity contribution in [1.29, 1.82) is 5.26 Å². The third-order valence-corrected chi connectivity index (χ3v) is 6.74. The summed E-state index contributed by atoms with van der Waals surface area (Å²) in [6, 6.07) is 10.9. The number of ether oxygens (including phenoxy) is 1. The van der Waals surface area contributed by atoms with Gasteiger partial charge in [0, 0.05) is 28.2 Å². The van der Waals surface area contributed by atoms with Crippen LogP contribution in [0.1, 0.15) is 61.9 Å². The molecule has 1 aliphatic carbocycles. The van der Waals surface area contributed by atoms with Crippen LogP contribution in [0, 0.1) is 35.0 Å². The molecule has 2 aromatic rings. The highest BCUT2D eigenvalue weighted by Crippen LogP contribution is 2.60. The lowest BCUT2D eigenvalue weighted by Gasteiger charge is -2.62. The van der Waals surface area contributed by atoms with Crippen LogP contribution in [0.3, 0.4) is 0 Å². The molecule has 0 N–H and O–H groups in total. The Morgan fingerprint density at radius 3 is 2.48 bits per heavy atom. The van der Waals surface area contributed by atoms with Gasteiger partial charge in [-0.2, -0.15) is 5.26 Å². The van der Waals surface area contributed by atoms with Gasteiger partial charge in [-0.15, -0.1) is 0 Å². The highest BCUT2D eigenvalue weighted by atomic mass is 35.5. The molecule has 0 unspecified atom stereocenters. The van der Waals surface area contributed by atoms with E-state index in [1.165, 1.54) is 0 Å². The van der Waals surface area contributed by atoms with Crippen molar-refractivity contribution in [1.82, 2.24) is 4.98 Å². The van der Waals surface area contributed by atoms with Gasteiger partial charge in [-0.3, -0.25) is 9.78 Å². The van der Waals surface area contributed by atoms with Crippen molar-refractivity contribution in [2.45, 2.75) is 54.1 Å². The third-order valence-electron chi connectivity index (χ3n) is 6.42. The zero-order chi connectivity index (χ0) is 23.0. The average Bonchev–Trinajstić information content (AvgIpc) is 2.71. The number of carbonyl (C=O) groups is 1. The molecule has 1 saturated carbocycles. The van der Waals surface area contributed by atoms with E-state index in [0.29, 0.717) is 21.9 Å². The normalized spacial score (nSPS) is 21.4. The van der Waals surface area contributed by atoms with Crippen LogP contribution in [0.4, 0.5) is 0 Å². The maximum Gasteiger partial charge on any atom is 0.187 e. The zero-order valence-corrected chi connectivity index (χ0v) is 19.7. The van der Waals surface area contributed by atoms with Gasteiger partial charge in [-0.05, 0) is 49.6 Å². The van der Waals surface area contributed by atoms with Gasteiger partial charge in [0.1, 0.15) is 17.9 Å². The number of ketones is 1. The fraction of sp³-hybridized carbons (Fsp3) is 0.423. The zero-order valence-electron chi connectivity index (χ0n) is 19.0.